The number of nitrogens with zero attached hydrogens (tertiary/aromatic N) is 1. The number of rotatable bonds is 7. The third-order valence-corrected chi connectivity index (χ3v) is 3.24. The second-order valence-corrected chi connectivity index (χ2v) is 4.88. The van der Waals surface area contributed by atoms with Gasteiger partial charge in [-0.25, -0.2) is 0 Å². The summed E-state index contributed by atoms with van der Waals surface area (Å²) in [7, 11) is 4.26. The minimum absolute atomic E-state index is 0.621. The average molecular weight is 247 g/mol. The molecule has 1 unspecified atom stereocenters. The number of benzene rings is 1. The van der Waals surface area contributed by atoms with E-state index in [1.54, 1.807) is 0 Å². The highest BCUT2D eigenvalue weighted by Gasteiger charge is 2.04. The smallest absolute Gasteiger partial charge is 0.119 e. The van der Waals surface area contributed by atoms with Crippen LogP contribution in [-0.2, 0) is 6.42 Å². The summed E-state index contributed by atoms with van der Waals surface area (Å²) in [6.45, 7) is 4.90. The van der Waals surface area contributed by atoms with Crippen molar-refractivity contribution in [2.75, 3.05) is 20.7 Å². The first-order valence-corrected chi connectivity index (χ1v) is 6.62. The standard InChI is InChI=1S/C16H25NO/c1-5-6-13-18-16-11-9-15(10-12-16)8-7-14(2)17(3)4/h5-6,9-12,14H,7-8,13H2,1-4H3. The normalized spacial score (nSPS) is 13.2. The first kappa shape index (κ1) is 14.8. The summed E-state index contributed by atoms with van der Waals surface area (Å²) in [5.41, 5.74) is 1.38. The van der Waals surface area contributed by atoms with Crippen LogP contribution in [0.1, 0.15) is 25.8 Å². The van der Waals surface area contributed by atoms with Crippen molar-refractivity contribution in [1.29, 1.82) is 0 Å². The van der Waals surface area contributed by atoms with Crippen molar-refractivity contribution in [2.24, 2.45) is 0 Å². The molecule has 0 fully saturated rings. The summed E-state index contributed by atoms with van der Waals surface area (Å²) in [5.74, 6) is 0.942. The van der Waals surface area contributed by atoms with Crippen LogP contribution in [0.3, 0.4) is 0 Å². The van der Waals surface area contributed by atoms with Gasteiger partial charge in [-0.15, -0.1) is 0 Å². The Morgan fingerprint density at radius 1 is 1.22 bits per heavy atom. The molecule has 1 aromatic rings. The molecule has 0 radical (unpaired) electrons. The van der Waals surface area contributed by atoms with Crippen LogP contribution in [0.15, 0.2) is 36.4 Å². The Morgan fingerprint density at radius 2 is 1.89 bits per heavy atom. The summed E-state index contributed by atoms with van der Waals surface area (Å²) in [6, 6.07) is 9.05. The Labute approximate surface area is 111 Å². The fraction of sp³-hybridized carbons (Fsp3) is 0.500. The molecule has 1 rings (SSSR count). The Hall–Kier alpha value is -1.28. The number of hydrogen-bond donors (Lipinski definition) is 0. The third kappa shape index (κ3) is 5.37. The highest BCUT2D eigenvalue weighted by Crippen LogP contribution is 2.14. The molecule has 100 valence electrons. The molecule has 0 amide bonds. The van der Waals surface area contributed by atoms with Crippen molar-refractivity contribution in [3.05, 3.63) is 42.0 Å². The van der Waals surface area contributed by atoms with Crippen molar-refractivity contribution >= 4 is 0 Å². The van der Waals surface area contributed by atoms with E-state index in [2.05, 4.69) is 50.2 Å². The van der Waals surface area contributed by atoms with Crippen LogP contribution in [0.25, 0.3) is 0 Å². The number of ether oxygens (including phenoxy) is 1. The Balaban J connectivity index is 2.40. The second kappa shape index (κ2) is 7.93. The van der Waals surface area contributed by atoms with Gasteiger partial charge in [-0.2, -0.15) is 0 Å². The van der Waals surface area contributed by atoms with Gasteiger partial charge in [0.05, 0.1) is 0 Å². The van der Waals surface area contributed by atoms with Crippen LogP contribution in [0, 0.1) is 0 Å². The molecule has 0 aliphatic rings. The Kier molecular flexibility index (Phi) is 6.51. The Bertz CT molecular complexity index is 354. The van der Waals surface area contributed by atoms with Gasteiger partial charge in [0.2, 0.25) is 0 Å². The summed E-state index contributed by atoms with van der Waals surface area (Å²) < 4.78 is 5.57. The van der Waals surface area contributed by atoms with Crippen molar-refractivity contribution in [2.45, 2.75) is 32.7 Å². The largest absolute Gasteiger partial charge is 0.490 e. The molecule has 0 aliphatic heterocycles. The molecule has 0 spiro atoms. The summed E-state index contributed by atoms with van der Waals surface area (Å²) >= 11 is 0. The van der Waals surface area contributed by atoms with E-state index >= 15 is 0 Å². The molecule has 0 aliphatic carbocycles. The average Bonchev–Trinajstić information content (AvgIpc) is 2.37. The molecule has 0 heterocycles. The predicted octanol–water partition coefficient (Wildman–Crippen LogP) is 3.52. The minimum Gasteiger partial charge on any atom is -0.490 e. The topological polar surface area (TPSA) is 12.5 Å². The maximum atomic E-state index is 5.57. The number of hydrogen-bond acceptors (Lipinski definition) is 2. The first-order chi connectivity index (χ1) is 8.63. The van der Waals surface area contributed by atoms with Gasteiger partial charge in [0.1, 0.15) is 12.4 Å². The molecule has 0 aromatic heterocycles. The van der Waals surface area contributed by atoms with Crippen LogP contribution >= 0.6 is 0 Å². The quantitative estimate of drug-likeness (QED) is 0.683. The Morgan fingerprint density at radius 3 is 2.44 bits per heavy atom. The van der Waals surface area contributed by atoms with Crippen LogP contribution in [0.4, 0.5) is 0 Å². The molecule has 2 heteroatoms. The van der Waals surface area contributed by atoms with E-state index in [4.69, 9.17) is 4.74 Å². The molecule has 0 bridgehead atoms. The van der Waals surface area contributed by atoms with E-state index in [1.807, 2.05) is 19.1 Å². The molecule has 0 saturated heterocycles. The molecule has 1 atom stereocenters. The van der Waals surface area contributed by atoms with Gasteiger partial charge in [0, 0.05) is 6.04 Å². The monoisotopic (exact) mass is 247 g/mol. The fourth-order valence-corrected chi connectivity index (χ4v) is 1.63. The lowest BCUT2D eigenvalue weighted by Crippen LogP contribution is -2.24. The number of allylic oxidation sites excluding steroid dienone is 1. The lowest BCUT2D eigenvalue weighted by molar-refractivity contribution is 0.299. The van der Waals surface area contributed by atoms with E-state index in [0.29, 0.717) is 12.6 Å². The molecular formula is C16H25NO. The zero-order valence-electron chi connectivity index (χ0n) is 12.0. The highest BCUT2D eigenvalue weighted by molar-refractivity contribution is 5.27. The van der Waals surface area contributed by atoms with Gasteiger partial charge in [-0.3, -0.25) is 0 Å². The summed E-state index contributed by atoms with van der Waals surface area (Å²) in [4.78, 5) is 2.26. The van der Waals surface area contributed by atoms with Crippen molar-refractivity contribution in [3.8, 4) is 5.75 Å². The second-order valence-electron chi connectivity index (χ2n) is 4.88. The van der Waals surface area contributed by atoms with Crippen LogP contribution in [-0.4, -0.2) is 31.6 Å². The molecule has 0 saturated carbocycles. The van der Waals surface area contributed by atoms with E-state index in [-0.39, 0.29) is 0 Å². The van der Waals surface area contributed by atoms with Gasteiger partial charge in [-0.05, 0) is 58.5 Å². The third-order valence-electron chi connectivity index (χ3n) is 3.24. The van der Waals surface area contributed by atoms with Crippen LogP contribution < -0.4 is 4.74 Å². The fourth-order valence-electron chi connectivity index (χ4n) is 1.63. The molecule has 18 heavy (non-hydrogen) atoms. The molecular weight excluding hydrogens is 222 g/mol. The van der Waals surface area contributed by atoms with Gasteiger partial charge in [0.15, 0.2) is 0 Å². The lowest BCUT2D eigenvalue weighted by Gasteiger charge is -2.19. The van der Waals surface area contributed by atoms with Crippen molar-refractivity contribution in [1.82, 2.24) is 4.90 Å². The van der Waals surface area contributed by atoms with E-state index in [0.717, 1.165) is 12.2 Å². The van der Waals surface area contributed by atoms with Gasteiger partial charge in [-0.1, -0.05) is 24.3 Å². The van der Waals surface area contributed by atoms with Gasteiger partial charge in [0.25, 0.3) is 0 Å². The minimum atomic E-state index is 0.621. The molecule has 1 aromatic carbocycles. The summed E-state index contributed by atoms with van der Waals surface area (Å²) in [6.07, 6.45) is 6.31. The van der Waals surface area contributed by atoms with Gasteiger partial charge < -0.3 is 9.64 Å². The van der Waals surface area contributed by atoms with E-state index < -0.39 is 0 Å². The zero-order chi connectivity index (χ0) is 13.4. The maximum Gasteiger partial charge on any atom is 0.119 e. The number of aryl methyl sites for hydroxylation is 1. The van der Waals surface area contributed by atoms with Gasteiger partial charge >= 0.3 is 0 Å². The predicted molar refractivity (Wildman–Crippen MR) is 78.2 cm³/mol. The van der Waals surface area contributed by atoms with E-state index in [9.17, 15) is 0 Å². The summed E-state index contributed by atoms with van der Waals surface area (Å²) in [5, 5.41) is 0. The van der Waals surface area contributed by atoms with Crippen LogP contribution in [0.2, 0.25) is 0 Å². The maximum absolute atomic E-state index is 5.57. The first-order valence-electron chi connectivity index (χ1n) is 6.62. The zero-order valence-corrected chi connectivity index (χ0v) is 12.0. The lowest BCUT2D eigenvalue weighted by atomic mass is 10.1. The van der Waals surface area contributed by atoms with Crippen LogP contribution in [0.5, 0.6) is 5.75 Å². The van der Waals surface area contributed by atoms with Crippen molar-refractivity contribution in [3.63, 3.8) is 0 Å². The molecule has 2 nitrogen and oxygen atoms in total. The van der Waals surface area contributed by atoms with Crippen molar-refractivity contribution < 1.29 is 4.74 Å². The molecule has 0 N–H and O–H groups in total. The van der Waals surface area contributed by atoms with E-state index in [1.165, 1.54) is 12.0 Å². The SMILES string of the molecule is CC=CCOc1ccc(CCC(C)N(C)C)cc1. The highest BCUT2D eigenvalue weighted by atomic mass is 16.5.